The van der Waals surface area contributed by atoms with Crippen molar-refractivity contribution in [3.8, 4) is 5.75 Å². The van der Waals surface area contributed by atoms with Gasteiger partial charge in [0.25, 0.3) is 6.79 Å². The minimum absolute atomic E-state index is 0.0651. The molecule has 0 atom stereocenters. The molecule has 28 heavy (non-hydrogen) atoms. The summed E-state index contributed by atoms with van der Waals surface area (Å²) >= 11 is 1.73. The van der Waals surface area contributed by atoms with Gasteiger partial charge in [0.1, 0.15) is 11.5 Å². The first kappa shape index (κ1) is 20.7. The fourth-order valence-corrected chi connectivity index (χ4v) is 3.65. The highest BCUT2D eigenvalue weighted by Crippen LogP contribution is 2.25. The number of rotatable bonds is 8. The van der Waals surface area contributed by atoms with E-state index >= 15 is 0 Å². The quantitative estimate of drug-likeness (QED) is 0.218. The molecule has 5 nitrogen and oxygen atoms in total. The minimum Gasteiger partial charge on any atom is -0.455 e. The zero-order chi connectivity index (χ0) is 19.8. The maximum Gasteiger partial charge on any atom is 0.255 e. The topological polar surface area (TPSA) is 43.3 Å². The molecule has 0 N–H and O–H groups in total. The van der Waals surface area contributed by atoms with Crippen molar-refractivity contribution in [2.24, 2.45) is 5.16 Å². The molecule has 1 saturated heterocycles. The van der Waals surface area contributed by atoms with Gasteiger partial charge in [-0.25, -0.2) is 0 Å². The summed E-state index contributed by atoms with van der Waals surface area (Å²) in [5.41, 5.74) is 1.64. The molecule has 1 aliphatic rings. The number of morpholine rings is 1. The van der Waals surface area contributed by atoms with E-state index in [9.17, 15) is 0 Å². The number of ether oxygens (including phenoxy) is 2. The Morgan fingerprint density at radius 3 is 2.39 bits per heavy atom. The molecule has 0 amide bonds. The summed E-state index contributed by atoms with van der Waals surface area (Å²) in [5, 5.41) is 4.51. The molecule has 0 spiro atoms. The molecule has 6 heteroatoms. The van der Waals surface area contributed by atoms with Gasteiger partial charge in [0.2, 0.25) is 0 Å². The van der Waals surface area contributed by atoms with Gasteiger partial charge in [-0.3, -0.25) is 4.90 Å². The molecule has 0 saturated carbocycles. The molecule has 2 aromatic rings. The second-order valence-electron chi connectivity index (χ2n) is 7.03. The molecule has 150 valence electrons. The second-order valence-corrected chi connectivity index (χ2v) is 7.91. The van der Waals surface area contributed by atoms with Gasteiger partial charge in [0.05, 0.1) is 18.8 Å². The Morgan fingerprint density at radius 2 is 1.75 bits per heavy atom. The lowest BCUT2D eigenvalue weighted by atomic mass is 9.90. The number of benzene rings is 2. The molecule has 3 rings (SSSR count). The Morgan fingerprint density at radius 1 is 1.07 bits per heavy atom. The molecular weight excluding hydrogens is 372 g/mol. The molecule has 1 fully saturated rings. The van der Waals surface area contributed by atoms with Crippen LogP contribution in [0.4, 0.5) is 0 Å². The maximum atomic E-state index is 5.62. The van der Waals surface area contributed by atoms with E-state index in [2.05, 4.69) is 54.4 Å². The smallest absolute Gasteiger partial charge is 0.255 e. The molecule has 1 heterocycles. The number of para-hydroxylation sites is 1. The fraction of sp³-hybridized carbons (Fsp3) is 0.409. The summed E-state index contributed by atoms with van der Waals surface area (Å²) in [4.78, 5) is 9.20. The highest BCUT2D eigenvalue weighted by Gasteiger charge is 2.35. The van der Waals surface area contributed by atoms with Crippen molar-refractivity contribution < 1.29 is 14.3 Å². The third-order valence-electron chi connectivity index (χ3n) is 4.92. The number of oxime groups is 1. The van der Waals surface area contributed by atoms with Crippen molar-refractivity contribution in [1.82, 2.24) is 4.90 Å². The molecule has 0 bridgehead atoms. The van der Waals surface area contributed by atoms with Crippen molar-refractivity contribution in [2.45, 2.75) is 24.3 Å². The predicted octanol–water partition coefficient (Wildman–Crippen LogP) is 4.28. The van der Waals surface area contributed by atoms with Crippen LogP contribution in [0.3, 0.4) is 0 Å². The van der Waals surface area contributed by atoms with Crippen molar-refractivity contribution in [1.29, 1.82) is 0 Å². The average molecular weight is 401 g/mol. The number of hydrogen-bond donors (Lipinski definition) is 0. The van der Waals surface area contributed by atoms with Crippen LogP contribution in [-0.2, 0) is 9.57 Å². The zero-order valence-corrected chi connectivity index (χ0v) is 17.6. The van der Waals surface area contributed by atoms with Gasteiger partial charge in [-0.05, 0) is 44.4 Å². The van der Waals surface area contributed by atoms with E-state index in [4.69, 9.17) is 14.3 Å². The SMILES string of the molecule is CSc1ccc(/C(=N\OCOc2ccccc2)C(C)(C)N2CCOCC2)cc1. The summed E-state index contributed by atoms with van der Waals surface area (Å²) in [6.45, 7) is 7.64. The van der Waals surface area contributed by atoms with Crippen LogP contribution < -0.4 is 4.74 Å². The first-order valence-electron chi connectivity index (χ1n) is 9.47. The summed E-state index contributed by atoms with van der Waals surface area (Å²) in [5.74, 6) is 0.760. The zero-order valence-electron chi connectivity index (χ0n) is 16.8. The standard InChI is InChI=1S/C22H28N2O3S/c1-22(2,24-13-15-25-16-14-24)21(18-9-11-20(28-3)12-10-18)23-27-17-26-19-7-5-4-6-8-19/h4-12H,13-17H2,1-3H3/b23-21+. The van der Waals surface area contributed by atoms with E-state index < -0.39 is 0 Å². The Kier molecular flexibility index (Phi) is 7.36. The molecule has 0 radical (unpaired) electrons. The van der Waals surface area contributed by atoms with Crippen LogP contribution in [0, 0.1) is 0 Å². The highest BCUT2D eigenvalue weighted by atomic mass is 32.2. The molecule has 0 unspecified atom stereocenters. The van der Waals surface area contributed by atoms with Crippen LogP contribution in [-0.4, -0.2) is 55.5 Å². The molecule has 2 aromatic carbocycles. The van der Waals surface area contributed by atoms with Gasteiger partial charge in [0.15, 0.2) is 0 Å². The number of thioether (sulfide) groups is 1. The van der Waals surface area contributed by atoms with E-state index in [-0.39, 0.29) is 12.3 Å². The van der Waals surface area contributed by atoms with E-state index in [1.807, 2.05) is 30.3 Å². The summed E-state index contributed by atoms with van der Waals surface area (Å²) < 4.78 is 11.1. The van der Waals surface area contributed by atoms with E-state index in [1.165, 1.54) is 4.90 Å². The van der Waals surface area contributed by atoms with Crippen LogP contribution in [0.25, 0.3) is 0 Å². The summed E-state index contributed by atoms with van der Waals surface area (Å²) in [6.07, 6.45) is 2.08. The Bertz CT molecular complexity index is 757. The largest absolute Gasteiger partial charge is 0.455 e. The lowest BCUT2D eigenvalue weighted by Crippen LogP contribution is -2.54. The maximum absolute atomic E-state index is 5.62. The predicted molar refractivity (Wildman–Crippen MR) is 114 cm³/mol. The van der Waals surface area contributed by atoms with Crippen LogP contribution in [0.5, 0.6) is 5.75 Å². The van der Waals surface area contributed by atoms with Gasteiger partial charge in [0, 0.05) is 23.5 Å². The Labute approximate surface area is 171 Å². The van der Waals surface area contributed by atoms with Crippen LogP contribution >= 0.6 is 11.8 Å². The first-order valence-corrected chi connectivity index (χ1v) is 10.7. The lowest BCUT2D eigenvalue weighted by molar-refractivity contribution is 0.00182. The van der Waals surface area contributed by atoms with Gasteiger partial charge in [-0.2, -0.15) is 0 Å². The lowest BCUT2D eigenvalue weighted by Gasteiger charge is -2.41. The monoisotopic (exact) mass is 400 g/mol. The van der Waals surface area contributed by atoms with Gasteiger partial charge >= 0.3 is 0 Å². The highest BCUT2D eigenvalue weighted by molar-refractivity contribution is 7.98. The van der Waals surface area contributed by atoms with Crippen molar-refractivity contribution in [3.05, 3.63) is 60.2 Å². The fourth-order valence-electron chi connectivity index (χ4n) is 3.24. The van der Waals surface area contributed by atoms with Crippen molar-refractivity contribution in [2.75, 3.05) is 39.4 Å². The number of nitrogens with zero attached hydrogens (tertiary/aromatic N) is 2. The van der Waals surface area contributed by atoms with Crippen LogP contribution in [0.1, 0.15) is 19.4 Å². The normalized spacial score (nSPS) is 16.0. The molecule has 0 aromatic heterocycles. The minimum atomic E-state index is -0.294. The number of hydrogen-bond acceptors (Lipinski definition) is 6. The molecule has 0 aliphatic carbocycles. The van der Waals surface area contributed by atoms with E-state index in [1.54, 1.807) is 11.8 Å². The third-order valence-corrected chi connectivity index (χ3v) is 5.67. The van der Waals surface area contributed by atoms with Crippen LogP contribution in [0.15, 0.2) is 64.6 Å². The van der Waals surface area contributed by atoms with Crippen molar-refractivity contribution >= 4 is 17.5 Å². The van der Waals surface area contributed by atoms with Crippen LogP contribution in [0.2, 0.25) is 0 Å². The Balaban J connectivity index is 1.78. The summed E-state index contributed by atoms with van der Waals surface area (Å²) in [6, 6.07) is 18.0. The third kappa shape index (κ3) is 5.28. The first-order chi connectivity index (χ1) is 13.6. The molecule has 1 aliphatic heterocycles. The Hall–Kier alpha value is -2.02. The van der Waals surface area contributed by atoms with Gasteiger partial charge in [-0.15, -0.1) is 11.8 Å². The summed E-state index contributed by atoms with van der Waals surface area (Å²) in [7, 11) is 0. The van der Waals surface area contributed by atoms with Crippen molar-refractivity contribution in [3.63, 3.8) is 0 Å². The van der Waals surface area contributed by atoms with Gasteiger partial charge in [-0.1, -0.05) is 35.5 Å². The van der Waals surface area contributed by atoms with E-state index in [0.717, 1.165) is 43.3 Å². The van der Waals surface area contributed by atoms with E-state index in [0.29, 0.717) is 0 Å². The molecular formula is C22H28N2O3S. The second kappa shape index (κ2) is 9.96. The van der Waals surface area contributed by atoms with Gasteiger partial charge < -0.3 is 14.3 Å². The average Bonchev–Trinajstić information content (AvgIpc) is 2.75.